The van der Waals surface area contributed by atoms with Crippen LogP contribution in [0.4, 0.5) is 0 Å². The van der Waals surface area contributed by atoms with Crippen LogP contribution >= 0.6 is 11.5 Å². The number of pyridine rings is 1. The summed E-state index contributed by atoms with van der Waals surface area (Å²) in [7, 11) is 0. The summed E-state index contributed by atoms with van der Waals surface area (Å²) in [6, 6.07) is 3.92. The van der Waals surface area contributed by atoms with Crippen LogP contribution in [0.15, 0.2) is 24.5 Å². The van der Waals surface area contributed by atoms with E-state index in [0.29, 0.717) is 0 Å². The van der Waals surface area contributed by atoms with E-state index in [9.17, 15) is 0 Å². The normalized spacial score (nSPS) is 11.7. The average molecular weight is 248 g/mol. The topological polar surface area (TPSA) is 50.7 Å². The molecule has 2 aromatic heterocycles. The molecule has 0 radical (unpaired) electrons. The third-order valence-corrected chi connectivity index (χ3v) is 2.99. The summed E-state index contributed by atoms with van der Waals surface area (Å²) in [5.74, 6) is 0. The van der Waals surface area contributed by atoms with Gasteiger partial charge in [0.1, 0.15) is 5.69 Å². The maximum atomic E-state index is 4.18. The van der Waals surface area contributed by atoms with E-state index in [1.165, 1.54) is 11.5 Å². The van der Waals surface area contributed by atoms with Crippen LogP contribution in [0, 0.1) is 0 Å². The molecule has 0 aromatic carbocycles. The Labute approximate surface area is 105 Å². The van der Waals surface area contributed by atoms with Gasteiger partial charge in [0.15, 0.2) is 0 Å². The Kier molecular flexibility index (Phi) is 3.49. The lowest BCUT2D eigenvalue weighted by molar-refractivity contribution is 0.426. The first-order valence-electron chi connectivity index (χ1n) is 5.53. The van der Waals surface area contributed by atoms with Crippen LogP contribution in [0.1, 0.15) is 25.6 Å². The Morgan fingerprint density at radius 1 is 1.35 bits per heavy atom. The zero-order valence-corrected chi connectivity index (χ0v) is 11.1. The van der Waals surface area contributed by atoms with Crippen molar-refractivity contribution >= 4 is 11.5 Å². The average Bonchev–Trinajstić information content (AvgIpc) is 2.75. The Bertz CT molecular complexity index is 473. The minimum absolute atomic E-state index is 0.0935. The van der Waals surface area contributed by atoms with Crippen molar-refractivity contribution in [1.82, 2.24) is 19.9 Å². The predicted molar refractivity (Wildman–Crippen MR) is 69.7 cm³/mol. The molecule has 0 fully saturated rings. The van der Waals surface area contributed by atoms with Gasteiger partial charge in [0.2, 0.25) is 0 Å². The zero-order valence-electron chi connectivity index (χ0n) is 10.3. The molecular weight excluding hydrogens is 232 g/mol. The fraction of sp³-hybridized carbons (Fsp3) is 0.417. The highest BCUT2D eigenvalue weighted by Crippen LogP contribution is 2.23. The molecule has 5 heteroatoms. The molecule has 0 aliphatic rings. The van der Waals surface area contributed by atoms with Crippen molar-refractivity contribution in [2.45, 2.75) is 32.9 Å². The molecule has 0 saturated heterocycles. The second-order valence-corrected chi connectivity index (χ2v) is 5.73. The summed E-state index contributed by atoms with van der Waals surface area (Å²) < 4.78 is 4.02. The zero-order chi connectivity index (χ0) is 12.3. The van der Waals surface area contributed by atoms with Gasteiger partial charge in [-0.25, -0.2) is 0 Å². The lowest BCUT2D eigenvalue weighted by Crippen LogP contribution is -2.34. The minimum atomic E-state index is 0.0935. The van der Waals surface area contributed by atoms with Gasteiger partial charge in [-0.2, -0.15) is 0 Å². The number of rotatable bonds is 3. The molecule has 2 heterocycles. The second kappa shape index (κ2) is 4.89. The molecule has 0 spiro atoms. The Morgan fingerprint density at radius 3 is 2.82 bits per heavy atom. The van der Waals surface area contributed by atoms with Gasteiger partial charge in [-0.05, 0) is 44.4 Å². The van der Waals surface area contributed by atoms with E-state index in [4.69, 9.17) is 0 Å². The molecule has 0 aliphatic carbocycles. The van der Waals surface area contributed by atoms with Crippen molar-refractivity contribution in [3.05, 3.63) is 29.4 Å². The number of nitrogens with zero attached hydrogens (tertiary/aromatic N) is 3. The lowest BCUT2D eigenvalue weighted by atomic mass is 10.1. The van der Waals surface area contributed by atoms with Crippen LogP contribution in [-0.2, 0) is 6.54 Å². The fourth-order valence-electron chi connectivity index (χ4n) is 1.39. The Hall–Kier alpha value is -1.33. The molecule has 90 valence electrons. The lowest BCUT2D eigenvalue weighted by Gasteiger charge is -2.19. The maximum absolute atomic E-state index is 4.18. The Morgan fingerprint density at radius 2 is 2.18 bits per heavy atom. The van der Waals surface area contributed by atoms with E-state index in [0.717, 1.165) is 22.7 Å². The van der Waals surface area contributed by atoms with Crippen LogP contribution in [0.3, 0.4) is 0 Å². The first kappa shape index (κ1) is 12.1. The molecule has 2 aromatic rings. The SMILES string of the molecule is CC(C)(C)NCc1snnc1-c1cccnc1. The Balaban J connectivity index is 2.18. The van der Waals surface area contributed by atoms with Crippen LogP contribution in [0.25, 0.3) is 11.3 Å². The van der Waals surface area contributed by atoms with Crippen LogP contribution in [-0.4, -0.2) is 20.1 Å². The van der Waals surface area contributed by atoms with Gasteiger partial charge >= 0.3 is 0 Å². The quantitative estimate of drug-likeness (QED) is 0.906. The van der Waals surface area contributed by atoms with Crippen LogP contribution < -0.4 is 5.32 Å². The van der Waals surface area contributed by atoms with Crippen molar-refractivity contribution in [1.29, 1.82) is 0 Å². The van der Waals surface area contributed by atoms with Crippen molar-refractivity contribution in [2.75, 3.05) is 0 Å². The summed E-state index contributed by atoms with van der Waals surface area (Å²) in [5, 5.41) is 7.62. The van der Waals surface area contributed by atoms with Gasteiger partial charge in [0.25, 0.3) is 0 Å². The van der Waals surface area contributed by atoms with E-state index in [-0.39, 0.29) is 5.54 Å². The third kappa shape index (κ3) is 3.31. The highest BCUT2D eigenvalue weighted by Gasteiger charge is 2.14. The molecule has 0 unspecified atom stereocenters. The smallest absolute Gasteiger partial charge is 0.111 e. The molecule has 17 heavy (non-hydrogen) atoms. The molecule has 4 nitrogen and oxygen atoms in total. The van der Waals surface area contributed by atoms with Crippen LogP contribution in [0.2, 0.25) is 0 Å². The first-order valence-corrected chi connectivity index (χ1v) is 6.30. The van der Waals surface area contributed by atoms with Crippen molar-refractivity contribution in [3.8, 4) is 11.3 Å². The first-order chi connectivity index (χ1) is 8.06. The highest BCUT2D eigenvalue weighted by molar-refractivity contribution is 7.05. The highest BCUT2D eigenvalue weighted by atomic mass is 32.1. The summed E-state index contributed by atoms with van der Waals surface area (Å²) in [6.45, 7) is 7.22. The largest absolute Gasteiger partial charge is 0.307 e. The number of nitrogens with one attached hydrogen (secondary N) is 1. The molecule has 0 atom stereocenters. The van der Waals surface area contributed by atoms with Gasteiger partial charge in [-0.15, -0.1) is 5.10 Å². The van der Waals surface area contributed by atoms with Gasteiger partial charge in [-0.1, -0.05) is 4.49 Å². The molecule has 0 amide bonds. The van der Waals surface area contributed by atoms with Gasteiger partial charge in [-0.3, -0.25) is 4.98 Å². The van der Waals surface area contributed by atoms with E-state index < -0.39 is 0 Å². The molecule has 0 aliphatic heterocycles. The van der Waals surface area contributed by atoms with E-state index in [1.54, 1.807) is 6.20 Å². The van der Waals surface area contributed by atoms with E-state index in [2.05, 4.69) is 40.7 Å². The van der Waals surface area contributed by atoms with Crippen LogP contribution in [0.5, 0.6) is 0 Å². The number of hydrogen-bond donors (Lipinski definition) is 1. The summed E-state index contributed by atoms with van der Waals surface area (Å²) in [6.07, 6.45) is 3.58. The van der Waals surface area contributed by atoms with Gasteiger partial charge < -0.3 is 5.32 Å². The van der Waals surface area contributed by atoms with Gasteiger partial charge in [0, 0.05) is 30.0 Å². The third-order valence-electron chi connectivity index (χ3n) is 2.27. The molecule has 1 N–H and O–H groups in total. The maximum Gasteiger partial charge on any atom is 0.111 e. The summed E-state index contributed by atoms with van der Waals surface area (Å²) in [4.78, 5) is 5.25. The van der Waals surface area contributed by atoms with Gasteiger partial charge in [0.05, 0.1) is 4.88 Å². The van der Waals surface area contributed by atoms with E-state index in [1.807, 2.05) is 18.3 Å². The summed E-state index contributed by atoms with van der Waals surface area (Å²) >= 11 is 1.43. The number of hydrogen-bond acceptors (Lipinski definition) is 5. The number of aromatic nitrogens is 3. The minimum Gasteiger partial charge on any atom is -0.307 e. The van der Waals surface area contributed by atoms with Crippen molar-refractivity contribution < 1.29 is 0 Å². The molecule has 0 bridgehead atoms. The molecular formula is C12H16N4S. The standard InChI is InChI=1S/C12H16N4S/c1-12(2,3)14-8-10-11(15-16-17-10)9-5-4-6-13-7-9/h4-7,14H,8H2,1-3H3. The monoisotopic (exact) mass is 248 g/mol. The fourth-order valence-corrected chi connectivity index (χ4v) is 2.00. The van der Waals surface area contributed by atoms with Crippen molar-refractivity contribution in [2.24, 2.45) is 0 Å². The van der Waals surface area contributed by atoms with E-state index >= 15 is 0 Å². The summed E-state index contributed by atoms with van der Waals surface area (Å²) in [5.41, 5.74) is 2.04. The second-order valence-electron chi connectivity index (χ2n) is 4.89. The molecule has 2 rings (SSSR count). The molecule has 0 saturated carbocycles. The van der Waals surface area contributed by atoms with Crippen molar-refractivity contribution in [3.63, 3.8) is 0 Å². The predicted octanol–water partition coefficient (Wildman–Crippen LogP) is 2.49.